The smallest absolute Gasteiger partial charge is 0.269 e. The van der Waals surface area contributed by atoms with Gasteiger partial charge >= 0.3 is 0 Å². The van der Waals surface area contributed by atoms with Crippen LogP contribution in [-0.2, 0) is 6.54 Å². The zero-order chi connectivity index (χ0) is 14.7. The van der Waals surface area contributed by atoms with Gasteiger partial charge in [0.15, 0.2) is 0 Å². The second kappa shape index (κ2) is 6.23. The van der Waals surface area contributed by atoms with Crippen LogP contribution in [-0.4, -0.2) is 10.0 Å². The maximum absolute atomic E-state index is 10.5. The normalized spacial score (nSPS) is 10.3. The molecular weight excluding hydrogens is 392 g/mol. The summed E-state index contributed by atoms with van der Waals surface area (Å²) in [7, 11) is 0. The molecular formula is C13H10Br2N2O3. The van der Waals surface area contributed by atoms with Gasteiger partial charge in [-0.2, -0.15) is 0 Å². The Morgan fingerprint density at radius 1 is 1.15 bits per heavy atom. The molecule has 7 heteroatoms. The molecule has 0 aliphatic carbocycles. The number of phenols is 1. The van der Waals surface area contributed by atoms with Gasteiger partial charge in [-0.3, -0.25) is 10.1 Å². The van der Waals surface area contributed by atoms with Gasteiger partial charge in [0, 0.05) is 24.4 Å². The average Bonchev–Trinajstić information content (AvgIpc) is 2.42. The van der Waals surface area contributed by atoms with Gasteiger partial charge < -0.3 is 10.4 Å². The van der Waals surface area contributed by atoms with Gasteiger partial charge in [0.25, 0.3) is 5.69 Å². The van der Waals surface area contributed by atoms with Crippen molar-refractivity contribution in [3.63, 3.8) is 0 Å². The fraction of sp³-hybridized carbons (Fsp3) is 0.0769. The molecule has 0 aromatic heterocycles. The van der Waals surface area contributed by atoms with E-state index in [0.717, 1.165) is 11.3 Å². The summed E-state index contributed by atoms with van der Waals surface area (Å²) in [4.78, 5) is 10.1. The number of phenolic OH excluding ortho intramolecular Hbond substituents is 1. The van der Waals surface area contributed by atoms with Crippen LogP contribution >= 0.6 is 31.9 Å². The van der Waals surface area contributed by atoms with Crippen molar-refractivity contribution < 1.29 is 10.0 Å². The van der Waals surface area contributed by atoms with Crippen molar-refractivity contribution >= 4 is 43.2 Å². The third-order valence-electron chi connectivity index (χ3n) is 2.65. The third-order valence-corrected chi connectivity index (χ3v) is 3.86. The molecule has 0 saturated carbocycles. The topological polar surface area (TPSA) is 75.4 Å². The molecule has 0 amide bonds. The number of nitro benzene ring substituents is 1. The summed E-state index contributed by atoms with van der Waals surface area (Å²) in [5.74, 6) is 0.157. The van der Waals surface area contributed by atoms with Crippen molar-refractivity contribution in [3.05, 3.63) is 61.0 Å². The van der Waals surface area contributed by atoms with Crippen molar-refractivity contribution in [1.82, 2.24) is 0 Å². The number of aromatic hydroxyl groups is 1. The van der Waals surface area contributed by atoms with E-state index >= 15 is 0 Å². The summed E-state index contributed by atoms with van der Waals surface area (Å²) in [6.07, 6.45) is 0. The van der Waals surface area contributed by atoms with Crippen LogP contribution in [0.2, 0.25) is 0 Å². The number of nitro groups is 1. The monoisotopic (exact) mass is 400 g/mol. The van der Waals surface area contributed by atoms with Crippen LogP contribution in [0, 0.1) is 10.1 Å². The maximum atomic E-state index is 10.5. The quantitative estimate of drug-likeness (QED) is 0.586. The summed E-state index contributed by atoms with van der Waals surface area (Å²) in [5, 5.41) is 23.3. The minimum absolute atomic E-state index is 0.0608. The van der Waals surface area contributed by atoms with Gasteiger partial charge in [-0.1, -0.05) is 0 Å². The zero-order valence-corrected chi connectivity index (χ0v) is 13.3. The van der Waals surface area contributed by atoms with Gasteiger partial charge in [0.2, 0.25) is 0 Å². The minimum atomic E-state index is -0.433. The van der Waals surface area contributed by atoms with E-state index in [1.807, 2.05) is 0 Å². The summed E-state index contributed by atoms with van der Waals surface area (Å²) in [6.45, 7) is 0.537. The van der Waals surface area contributed by atoms with Gasteiger partial charge in [0.05, 0.1) is 13.9 Å². The number of hydrogen-bond acceptors (Lipinski definition) is 4. The lowest BCUT2D eigenvalue weighted by Crippen LogP contribution is -1.99. The number of rotatable bonds is 4. The molecule has 0 heterocycles. The van der Waals surface area contributed by atoms with Crippen LogP contribution in [0.5, 0.6) is 5.75 Å². The Kier molecular flexibility index (Phi) is 4.61. The molecule has 2 N–H and O–H groups in total. The number of hydrogen-bond donors (Lipinski definition) is 2. The highest BCUT2D eigenvalue weighted by Crippen LogP contribution is 2.33. The van der Waals surface area contributed by atoms with Crippen LogP contribution in [0.3, 0.4) is 0 Å². The van der Waals surface area contributed by atoms with Crippen molar-refractivity contribution in [3.8, 4) is 5.75 Å². The van der Waals surface area contributed by atoms with Crippen molar-refractivity contribution in [2.24, 2.45) is 0 Å². The highest BCUT2D eigenvalue weighted by atomic mass is 79.9. The predicted molar refractivity (Wildman–Crippen MR) is 83.9 cm³/mol. The lowest BCUT2D eigenvalue weighted by atomic mass is 10.2. The Morgan fingerprint density at radius 2 is 1.70 bits per heavy atom. The first-order valence-electron chi connectivity index (χ1n) is 5.62. The van der Waals surface area contributed by atoms with Gasteiger partial charge in [-0.15, -0.1) is 0 Å². The van der Waals surface area contributed by atoms with Crippen molar-refractivity contribution in [2.45, 2.75) is 6.54 Å². The number of halogens is 2. The average molecular weight is 402 g/mol. The molecule has 0 aliphatic heterocycles. The van der Waals surface area contributed by atoms with Crippen LogP contribution < -0.4 is 5.32 Å². The highest BCUT2D eigenvalue weighted by Gasteiger charge is 2.07. The molecule has 104 valence electrons. The number of nitrogens with zero attached hydrogens (tertiary/aromatic N) is 1. The van der Waals surface area contributed by atoms with Crippen LogP contribution in [0.4, 0.5) is 11.4 Å². The SMILES string of the molecule is O=[N+]([O-])c1ccc(NCc2cc(Br)c(O)c(Br)c2)cc1. The molecule has 0 radical (unpaired) electrons. The standard InChI is InChI=1S/C13H10Br2N2O3/c14-11-5-8(6-12(15)13(11)18)7-16-9-1-3-10(4-2-9)17(19)20/h1-6,16,18H,7H2. The van der Waals surface area contributed by atoms with E-state index < -0.39 is 4.92 Å². The van der Waals surface area contributed by atoms with Gasteiger partial charge in [0.1, 0.15) is 5.75 Å². The maximum Gasteiger partial charge on any atom is 0.269 e. The van der Waals surface area contributed by atoms with Gasteiger partial charge in [-0.25, -0.2) is 0 Å². The van der Waals surface area contributed by atoms with Gasteiger partial charge in [-0.05, 0) is 61.7 Å². The van der Waals surface area contributed by atoms with E-state index in [9.17, 15) is 15.2 Å². The number of nitrogens with one attached hydrogen (secondary N) is 1. The second-order valence-corrected chi connectivity index (χ2v) is 5.77. The second-order valence-electron chi connectivity index (χ2n) is 4.07. The molecule has 2 aromatic rings. The third kappa shape index (κ3) is 3.49. The van der Waals surface area contributed by atoms with E-state index in [1.54, 1.807) is 24.3 Å². The van der Waals surface area contributed by atoms with E-state index in [-0.39, 0.29) is 11.4 Å². The summed E-state index contributed by atoms with van der Waals surface area (Å²) in [5.41, 5.74) is 1.81. The number of anilines is 1. The minimum Gasteiger partial charge on any atom is -0.506 e. The van der Waals surface area contributed by atoms with Crippen LogP contribution in [0.25, 0.3) is 0 Å². The zero-order valence-electron chi connectivity index (χ0n) is 10.1. The molecule has 2 rings (SSSR count). The van der Waals surface area contributed by atoms with E-state index in [2.05, 4.69) is 37.2 Å². The fourth-order valence-corrected chi connectivity index (χ4v) is 2.91. The van der Waals surface area contributed by atoms with Crippen molar-refractivity contribution in [1.29, 1.82) is 0 Å². The first-order valence-corrected chi connectivity index (χ1v) is 7.21. The first-order chi connectivity index (χ1) is 9.47. The van der Waals surface area contributed by atoms with Crippen molar-refractivity contribution in [2.75, 3.05) is 5.32 Å². The lowest BCUT2D eigenvalue weighted by Gasteiger charge is -2.08. The predicted octanol–water partition coefficient (Wildman–Crippen LogP) is 4.44. The molecule has 0 atom stereocenters. The Bertz CT molecular complexity index is 622. The first kappa shape index (κ1) is 14.8. The number of non-ortho nitro benzene ring substituents is 1. The Hall–Kier alpha value is -1.60. The Balaban J connectivity index is 2.07. The molecule has 20 heavy (non-hydrogen) atoms. The molecule has 0 saturated heterocycles. The molecule has 2 aromatic carbocycles. The molecule has 0 aliphatic rings. The number of benzene rings is 2. The Labute approximate surface area is 132 Å². The molecule has 0 spiro atoms. The summed E-state index contributed by atoms with van der Waals surface area (Å²) < 4.78 is 1.21. The fourth-order valence-electron chi connectivity index (χ4n) is 1.63. The van der Waals surface area contributed by atoms with Crippen LogP contribution in [0.1, 0.15) is 5.56 Å². The molecule has 0 unspecified atom stereocenters. The molecule has 5 nitrogen and oxygen atoms in total. The summed E-state index contributed by atoms with van der Waals surface area (Å²) in [6, 6.07) is 9.82. The Morgan fingerprint density at radius 3 is 2.20 bits per heavy atom. The van der Waals surface area contributed by atoms with E-state index in [0.29, 0.717) is 15.5 Å². The molecule has 0 fully saturated rings. The summed E-state index contributed by atoms with van der Waals surface area (Å²) >= 11 is 6.53. The van der Waals surface area contributed by atoms with E-state index in [1.165, 1.54) is 12.1 Å². The molecule has 0 bridgehead atoms. The lowest BCUT2D eigenvalue weighted by molar-refractivity contribution is -0.384. The highest BCUT2D eigenvalue weighted by molar-refractivity contribution is 9.11. The largest absolute Gasteiger partial charge is 0.506 e. The van der Waals surface area contributed by atoms with Crippen LogP contribution in [0.15, 0.2) is 45.3 Å². The van der Waals surface area contributed by atoms with E-state index in [4.69, 9.17) is 0 Å².